The fourth-order valence-corrected chi connectivity index (χ4v) is 2.16. The van der Waals surface area contributed by atoms with Crippen molar-refractivity contribution in [3.8, 4) is 0 Å². The Balaban J connectivity index is 1.71. The van der Waals surface area contributed by atoms with Crippen molar-refractivity contribution in [2.75, 3.05) is 17.2 Å². The average Bonchev–Trinajstić information content (AvgIpc) is 3.31. The summed E-state index contributed by atoms with van der Waals surface area (Å²) in [5.74, 6) is 1.07. The third-order valence-electron chi connectivity index (χ3n) is 3.43. The molecule has 3 rings (SSSR count). The first-order valence-electron chi connectivity index (χ1n) is 7.80. The van der Waals surface area contributed by atoms with Gasteiger partial charge in [-0.25, -0.2) is 9.78 Å². The largest absolute Gasteiger partial charge is 0.462 e. The van der Waals surface area contributed by atoms with E-state index in [-0.39, 0.29) is 5.97 Å². The summed E-state index contributed by atoms with van der Waals surface area (Å²) in [7, 11) is 0. The average molecular weight is 312 g/mol. The number of anilines is 3. The highest BCUT2D eigenvalue weighted by Crippen LogP contribution is 2.24. The van der Waals surface area contributed by atoms with Crippen LogP contribution in [0.25, 0.3) is 0 Å². The predicted molar refractivity (Wildman–Crippen MR) is 89.1 cm³/mol. The molecule has 0 spiro atoms. The second-order valence-electron chi connectivity index (χ2n) is 5.56. The molecule has 6 nitrogen and oxygen atoms in total. The number of aromatic nitrogens is 2. The number of nitrogens with zero attached hydrogens (tertiary/aromatic N) is 2. The van der Waals surface area contributed by atoms with Crippen molar-refractivity contribution in [1.29, 1.82) is 0 Å². The molecule has 0 radical (unpaired) electrons. The van der Waals surface area contributed by atoms with E-state index in [0.717, 1.165) is 17.2 Å². The maximum Gasteiger partial charge on any atom is 0.338 e. The lowest BCUT2D eigenvalue weighted by atomic mass is 10.2. The molecular formula is C17H20N4O2. The molecule has 1 aromatic carbocycles. The standard InChI is InChI=1S/C17H20N4O2/c1-3-23-16(22)12-4-6-13(7-5-12)19-15-10-11(2)18-17(21-15)20-14-8-9-14/h4-7,10,14H,3,8-9H2,1-2H3,(H2,18,19,20,21). The monoisotopic (exact) mass is 312 g/mol. The molecule has 0 saturated heterocycles. The molecule has 2 N–H and O–H groups in total. The van der Waals surface area contributed by atoms with E-state index in [4.69, 9.17) is 4.74 Å². The van der Waals surface area contributed by atoms with Crippen molar-refractivity contribution in [3.63, 3.8) is 0 Å². The highest BCUT2D eigenvalue weighted by Gasteiger charge is 2.22. The van der Waals surface area contributed by atoms with Crippen LogP contribution >= 0.6 is 0 Å². The minimum Gasteiger partial charge on any atom is -0.462 e. The summed E-state index contributed by atoms with van der Waals surface area (Å²) in [5.41, 5.74) is 2.29. The van der Waals surface area contributed by atoms with Gasteiger partial charge in [-0.3, -0.25) is 0 Å². The van der Waals surface area contributed by atoms with Gasteiger partial charge < -0.3 is 15.4 Å². The fourth-order valence-electron chi connectivity index (χ4n) is 2.16. The maximum absolute atomic E-state index is 11.6. The Labute approximate surface area is 135 Å². The normalized spacial score (nSPS) is 13.5. The number of hydrogen-bond donors (Lipinski definition) is 2. The number of rotatable bonds is 6. The first-order chi connectivity index (χ1) is 11.1. The van der Waals surface area contributed by atoms with Gasteiger partial charge in [-0.15, -0.1) is 0 Å². The van der Waals surface area contributed by atoms with Gasteiger partial charge in [0, 0.05) is 23.5 Å². The van der Waals surface area contributed by atoms with E-state index in [1.165, 1.54) is 12.8 Å². The van der Waals surface area contributed by atoms with E-state index >= 15 is 0 Å². The molecule has 0 atom stereocenters. The van der Waals surface area contributed by atoms with E-state index < -0.39 is 0 Å². The number of carbonyl (C=O) groups is 1. The van der Waals surface area contributed by atoms with Crippen LogP contribution in [0.2, 0.25) is 0 Å². The quantitative estimate of drug-likeness (QED) is 0.797. The number of ether oxygens (including phenoxy) is 1. The van der Waals surface area contributed by atoms with Crippen molar-refractivity contribution in [2.45, 2.75) is 32.7 Å². The molecule has 0 bridgehead atoms. The Hall–Kier alpha value is -2.63. The van der Waals surface area contributed by atoms with E-state index in [0.29, 0.717) is 24.2 Å². The van der Waals surface area contributed by atoms with Crippen LogP contribution in [0, 0.1) is 6.92 Å². The molecular weight excluding hydrogens is 292 g/mol. The van der Waals surface area contributed by atoms with Crippen LogP contribution < -0.4 is 10.6 Å². The molecule has 1 aliphatic carbocycles. The molecule has 1 aromatic heterocycles. The van der Waals surface area contributed by atoms with Crippen LogP contribution in [0.4, 0.5) is 17.5 Å². The first-order valence-corrected chi connectivity index (χ1v) is 7.80. The Morgan fingerprint density at radius 2 is 2.00 bits per heavy atom. The van der Waals surface area contributed by atoms with Gasteiger partial charge >= 0.3 is 5.97 Å². The Kier molecular flexibility index (Phi) is 4.41. The van der Waals surface area contributed by atoms with Crippen LogP contribution in [0.3, 0.4) is 0 Å². The summed E-state index contributed by atoms with van der Waals surface area (Å²) >= 11 is 0. The molecule has 6 heteroatoms. The molecule has 120 valence electrons. The van der Waals surface area contributed by atoms with Crippen molar-refractivity contribution in [3.05, 3.63) is 41.6 Å². The van der Waals surface area contributed by atoms with Gasteiger partial charge in [0.1, 0.15) is 5.82 Å². The Morgan fingerprint density at radius 3 is 2.65 bits per heavy atom. The third-order valence-corrected chi connectivity index (χ3v) is 3.43. The summed E-state index contributed by atoms with van der Waals surface area (Å²) < 4.78 is 4.97. The second-order valence-corrected chi connectivity index (χ2v) is 5.56. The number of nitrogens with one attached hydrogen (secondary N) is 2. The topological polar surface area (TPSA) is 76.1 Å². The van der Waals surface area contributed by atoms with Crippen LogP contribution in [0.15, 0.2) is 30.3 Å². The molecule has 1 fully saturated rings. The number of hydrogen-bond acceptors (Lipinski definition) is 6. The van der Waals surface area contributed by atoms with E-state index in [9.17, 15) is 4.79 Å². The van der Waals surface area contributed by atoms with Crippen molar-refractivity contribution in [2.24, 2.45) is 0 Å². The van der Waals surface area contributed by atoms with Crippen LogP contribution in [-0.4, -0.2) is 28.6 Å². The summed E-state index contributed by atoms with van der Waals surface area (Å²) in [5, 5.41) is 6.53. The van der Waals surface area contributed by atoms with Gasteiger partial charge in [-0.2, -0.15) is 4.98 Å². The number of esters is 1. The molecule has 23 heavy (non-hydrogen) atoms. The molecule has 2 aromatic rings. The zero-order valence-corrected chi connectivity index (χ0v) is 13.3. The highest BCUT2D eigenvalue weighted by molar-refractivity contribution is 5.89. The lowest BCUT2D eigenvalue weighted by Gasteiger charge is -2.10. The lowest BCUT2D eigenvalue weighted by molar-refractivity contribution is 0.0526. The second kappa shape index (κ2) is 6.64. The fraction of sp³-hybridized carbons (Fsp3) is 0.353. The van der Waals surface area contributed by atoms with Gasteiger partial charge in [-0.1, -0.05) is 0 Å². The molecule has 0 unspecified atom stereocenters. The molecule has 0 aliphatic heterocycles. The summed E-state index contributed by atoms with van der Waals surface area (Å²) in [4.78, 5) is 20.5. The van der Waals surface area contributed by atoms with Crippen molar-refractivity contribution in [1.82, 2.24) is 9.97 Å². The molecule has 0 amide bonds. The van der Waals surface area contributed by atoms with Crippen molar-refractivity contribution >= 4 is 23.4 Å². The van der Waals surface area contributed by atoms with Gasteiger partial charge in [0.15, 0.2) is 0 Å². The Morgan fingerprint density at radius 1 is 1.26 bits per heavy atom. The number of aryl methyl sites for hydroxylation is 1. The maximum atomic E-state index is 11.6. The highest BCUT2D eigenvalue weighted by atomic mass is 16.5. The van der Waals surface area contributed by atoms with Crippen LogP contribution in [0.1, 0.15) is 35.8 Å². The zero-order valence-electron chi connectivity index (χ0n) is 13.3. The van der Waals surface area contributed by atoms with Gasteiger partial charge in [0.25, 0.3) is 0 Å². The van der Waals surface area contributed by atoms with Gasteiger partial charge in [0.2, 0.25) is 5.95 Å². The van der Waals surface area contributed by atoms with Gasteiger partial charge in [0.05, 0.1) is 12.2 Å². The first kappa shape index (κ1) is 15.3. The van der Waals surface area contributed by atoms with Crippen LogP contribution in [0.5, 0.6) is 0 Å². The minimum absolute atomic E-state index is 0.312. The van der Waals surface area contributed by atoms with Gasteiger partial charge in [-0.05, 0) is 51.0 Å². The minimum atomic E-state index is -0.312. The van der Waals surface area contributed by atoms with E-state index in [1.807, 2.05) is 25.1 Å². The SMILES string of the molecule is CCOC(=O)c1ccc(Nc2cc(C)nc(NC3CC3)n2)cc1. The van der Waals surface area contributed by atoms with Crippen LogP contribution in [-0.2, 0) is 4.74 Å². The molecule has 1 aliphatic rings. The number of carbonyl (C=O) groups excluding carboxylic acids is 1. The third kappa shape index (κ3) is 4.18. The molecule has 1 heterocycles. The number of benzene rings is 1. The van der Waals surface area contributed by atoms with Crippen molar-refractivity contribution < 1.29 is 9.53 Å². The Bertz CT molecular complexity index is 696. The molecule has 1 saturated carbocycles. The summed E-state index contributed by atoms with van der Waals surface area (Å²) in [6.07, 6.45) is 2.35. The van der Waals surface area contributed by atoms with E-state index in [1.54, 1.807) is 19.1 Å². The van der Waals surface area contributed by atoms with E-state index in [2.05, 4.69) is 20.6 Å². The zero-order chi connectivity index (χ0) is 16.2. The summed E-state index contributed by atoms with van der Waals surface area (Å²) in [6.45, 7) is 4.10. The summed E-state index contributed by atoms with van der Waals surface area (Å²) in [6, 6.07) is 9.52. The predicted octanol–water partition coefficient (Wildman–Crippen LogP) is 3.28. The lowest BCUT2D eigenvalue weighted by Crippen LogP contribution is -2.08. The smallest absolute Gasteiger partial charge is 0.338 e.